The predicted octanol–water partition coefficient (Wildman–Crippen LogP) is 3.68. The Hall–Kier alpha value is -2.64. The number of hydrogen-bond donors (Lipinski definition) is 1. The smallest absolute Gasteiger partial charge is 0.230 e. The summed E-state index contributed by atoms with van der Waals surface area (Å²) in [6.07, 6.45) is 0.176. The fourth-order valence-corrected chi connectivity index (χ4v) is 3.89. The van der Waals surface area contributed by atoms with Crippen LogP contribution in [0.15, 0.2) is 46.2 Å². The first-order valence-electron chi connectivity index (χ1n) is 9.05. The van der Waals surface area contributed by atoms with Crippen LogP contribution in [-0.4, -0.2) is 43.5 Å². The van der Waals surface area contributed by atoms with Crippen molar-refractivity contribution in [2.75, 3.05) is 27.7 Å². The first-order chi connectivity index (χ1) is 13.5. The van der Waals surface area contributed by atoms with Crippen molar-refractivity contribution in [1.29, 1.82) is 0 Å². The van der Waals surface area contributed by atoms with Crippen molar-refractivity contribution in [2.45, 2.75) is 19.4 Å². The molecule has 0 saturated heterocycles. The normalized spacial score (nSPS) is 12.2. The lowest BCUT2D eigenvalue weighted by Gasteiger charge is -2.23. The van der Waals surface area contributed by atoms with Crippen LogP contribution in [0.3, 0.4) is 0 Å². The van der Waals surface area contributed by atoms with Crippen LogP contribution in [0.2, 0.25) is 0 Å². The van der Waals surface area contributed by atoms with E-state index in [0.29, 0.717) is 29.6 Å². The average Bonchev–Trinajstić information content (AvgIpc) is 3.32. The number of hydrogen-bond acceptors (Lipinski definition) is 6. The Balaban J connectivity index is 1.67. The number of rotatable bonds is 8. The first-order valence-corrected chi connectivity index (χ1v) is 9.93. The molecule has 3 aromatic rings. The van der Waals surface area contributed by atoms with Crippen LogP contribution in [0, 0.1) is 6.92 Å². The van der Waals surface area contributed by atoms with Gasteiger partial charge in [0.25, 0.3) is 0 Å². The summed E-state index contributed by atoms with van der Waals surface area (Å²) in [5.74, 6) is 1.71. The van der Waals surface area contributed by atoms with Gasteiger partial charge in [-0.15, -0.1) is 11.3 Å². The maximum absolute atomic E-state index is 12.5. The van der Waals surface area contributed by atoms with E-state index in [1.807, 2.05) is 56.7 Å². The molecule has 1 aromatic carbocycles. The zero-order chi connectivity index (χ0) is 20.1. The molecule has 0 saturated carbocycles. The standard InChI is InChI=1S/C21H25N3O3S/c1-14-16(23-21(27-14)15-8-5-6-9-18(15)26-4)12-20(25)22-13-17(24(2)3)19-10-7-11-28-19/h5-11,17H,12-13H2,1-4H3,(H,22,25). The first kappa shape index (κ1) is 20.1. The molecule has 0 aliphatic carbocycles. The van der Waals surface area contributed by atoms with Gasteiger partial charge in [0.1, 0.15) is 11.5 Å². The van der Waals surface area contributed by atoms with E-state index in [4.69, 9.17) is 9.15 Å². The summed E-state index contributed by atoms with van der Waals surface area (Å²) in [5, 5.41) is 5.07. The molecule has 7 heteroatoms. The molecular weight excluding hydrogens is 374 g/mol. The van der Waals surface area contributed by atoms with E-state index in [1.54, 1.807) is 18.4 Å². The molecule has 2 aromatic heterocycles. The lowest BCUT2D eigenvalue weighted by molar-refractivity contribution is -0.120. The highest BCUT2D eigenvalue weighted by Gasteiger charge is 2.19. The van der Waals surface area contributed by atoms with Crippen molar-refractivity contribution in [3.8, 4) is 17.2 Å². The van der Waals surface area contributed by atoms with E-state index in [-0.39, 0.29) is 18.4 Å². The fourth-order valence-electron chi connectivity index (χ4n) is 2.97. The quantitative estimate of drug-likeness (QED) is 0.626. The van der Waals surface area contributed by atoms with Crippen molar-refractivity contribution in [2.24, 2.45) is 0 Å². The molecule has 0 fully saturated rings. The number of carbonyl (C=O) groups excluding carboxylic acids is 1. The summed E-state index contributed by atoms with van der Waals surface area (Å²) in [5.41, 5.74) is 1.40. The average molecular weight is 400 g/mol. The van der Waals surface area contributed by atoms with Gasteiger partial charge in [-0.25, -0.2) is 4.98 Å². The molecule has 148 valence electrons. The van der Waals surface area contributed by atoms with Gasteiger partial charge < -0.3 is 19.4 Å². The molecule has 0 spiro atoms. The second kappa shape index (κ2) is 9.03. The number of aromatic nitrogens is 1. The highest BCUT2D eigenvalue weighted by molar-refractivity contribution is 7.10. The Morgan fingerprint density at radius 1 is 1.29 bits per heavy atom. The molecule has 1 amide bonds. The molecule has 0 aliphatic heterocycles. The number of nitrogens with one attached hydrogen (secondary N) is 1. The highest BCUT2D eigenvalue weighted by atomic mass is 32.1. The molecule has 2 heterocycles. The number of ether oxygens (including phenoxy) is 1. The van der Waals surface area contributed by atoms with Gasteiger partial charge in [0.05, 0.1) is 30.8 Å². The Morgan fingerprint density at radius 2 is 2.07 bits per heavy atom. The van der Waals surface area contributed by atoms with E-state index in [1.165, 1.54) is 4.88 Å². The number of oxazole rings is 1. The van der Waals surface area contributed by atoms with Crippen LogP contribution in [0.1, 0.15) is 22.4 Å². The van der Waals surface area contributed by atoms with E-state index in [0.717, 1.165) is 5.56 Å². The Kier molecular flexibility index (Phi) is 6.49. The minimum absolute atomic E-state index is 0.0774. The molecule has 3 rings (SSSR count). The molecule has 6 nitrogen and oxygen atoms in total. The van der Waals surface area contributed by atoms with Gasteiger partial charge in [0.15, 0.2) is 0 Å². The zero-order valence-corrected chi connectivity index (χ0v) is 17.4. The van der Waals surface area contributed by atoms with Gasteiger partial charge in [-0.3, -0.25) is 4.79 Å². The van der Waals surface area contributed by atoms with Crippen molar-refractivity contribution >= 4 is 17.2 Å². The SMILES string of the molecule is COc1ccccc1-c1nc(CC(=O)NCC(c2cccs2)N(C)C)c(C)o1. The molecule has 0 bridgehead atoms. The third-order valence-corrected chi connectivity index (χ3v) is 5.52. The van der Waals surface area contributed by atoms with E-state index in [2.05, 4.69) is 21.3 Å². The topological polar surface area (TPSA) is 67.6 Å². The zero-order valence-electron chi connectivity index (χ0n) is 16.6. The van der Waals surface area contributed by atoms with Gasteiger partial charge in [-0.2, -0.15) is 0 Å². The number of nitrogens with zero attached hydrogens (tertiary/aromatic N) is 2. The third-order valence-electron chi connectivity index (χ3n) is 4.55. The Bertz CT molecular complexity index is 919. The lowest BCUT2D eigenvalue weighted by atomic mass is 10.2. The van der Waals surface area contributed by atoms with Gasteiger partial charge >= 0.3 is 0 Å². The maximum atomic E-state index is 12.5. The summed E-state index contributed by atoms with van der Waals surface area (Å²) in [7, 11) is 5.63. The molecular formula is C21H25N3O3S. The summed E-state index contributed by atoms with van der Waals surface area (Å²) >= 11 is 1.69. The van der Waals surface area contributed by atoms with Gasteiger partial charge in [-0.1, -0.05) is 18.2 Å². The van der Waals surface area contributed by atoms with Crippen LogP contribution in [0.4, 0.5) is 0 Å². The monoisotopic (exact) mass is 399 g/mol. The Labute approximate surface area is 169 Å². The number of para-hydroxylation sites is 1. The largest absolute Gasteiger partial charge is 0.496 e. The Morgan fingerprint density at radius 3 is 2.75 bits per heavy atom. The molecule has 0 radical (unpaired) electrons. The van der Waals surface area contributed by atoms with Crippen molar-refractivity contribution in [1.82, 2.24) is 15.2 Å². The van der Waals surface area contributed by atoms with Crippen LogP contribution >= 0.6 is 11.3 Å². The number of thiophene rings is 1. The molecule has 0 aliphatic rings. The van der Waals surface area contributed by atoms with Crippen LogP contribution in [0.25, 0.3) is 11.5 Å². The van der Waals surface area contributed by atoms with Crippen molar-refractivity contribution < 1.29 is 13.9 Å². The minimum atomic E-state index is -0.0774. The number of amides is 1. The number of methoxy groups -OCH3 is 1. The molecule has 1 unspecified atom stereocenters. The van der Waals surface area contributed by atoms with E-state index < -0.39 is 0 Å². The summed E-state index contributed by atoms with van der Waals surface area (Å²) in [6.45, 7) is 2.37. The predicted molar refractivity (Wildman–Crippen MR) is 111 cm³/mol. The number of aryl methyl sites for hydroxylation is 1. The highest BCUT2D eigenvalue weighted by Crippen LogP contribution is 2.30. The maximum Gasteiger partial charge on any atom is 0.230 e. The van der Waals surface area contributed by atoms with E-state index in [9.17, 15) is 4.79 Å². The summed E-state index contributed by atoms with van der Waals surface area (Å²) in [6, 6.07) is 11.8. The minimum Gasteiger partial charge on any atom is -0.496 e. The van der Waals surface area contributed by atoms with Crippen LogP contribution in [0.5, 0.6) is 5.75 Å². The lowest BCUT2D eigenvalue weighted by Crippen LogP contribution is -2.35. The third kappa shape index (κ3) is 4.61. The molecule has 1 atom stereocenters. The number of carbonyl (C=O) groups is 1. The van der Waals surface area contributed by atoms with Crippen LogP contribution < -0.4 is 10.1 Å². The van der Waals surface area contributed by atoms with Crippen LogP contribution in [-0.2, 0) is 11.2 Å². The second-order valence-electron chi connectivity index (χ2n) is 6.70. The molecule has 1 N–H and O–H groups in total. The van der Waals surface area contributed by atoms with Gasteiger partial charge in [0.2, 0.25) is 11.8 Å². The number of benzene rings is 1. The van der Waals surface area contributed by atoms with Gasteiger partial charge in [-0.05, 0) is 44.6 Å². The fraction of sp³-hybridized carbons (Fsp3) is 0.333. The number of likely N-dealkylation sites (N-methyl/N-ethyl adjacent to an activating group) is 1. The van der Waals surface area contributed by atoms with Crippen molar-refractivity contribution in [3.63, 3.8) is 0 Å². The van der Waals surface area contributed by atoms with Gasteiger partial charge in [0, 0.05) is 11.4 Å². The summed E-state index contributed by atoms with van der Waals surface area (Å²) < 4.78 is 11.2. The van der Waals surface area contributed by atoms with Crippen molar-refractivity contribution in [3.05, 3.63) is 58.1 Å². The molecule has 28 heavy (non-hydrogen) atoms. The van der Waals surface area contributed by atoms with E-state index >= 15 is 0 Å². The second-order valence-corrected chi connectivity index (χ2v) is 7.68. The summed E-state index contributed by atoms with van der Waals surface area (Å²) in [4.78, 5) is 20.4.